The van der Waals surface area contributed by atoms with Crippen LogP contribution in [0.25, 0.3) is 0 Å². The Balaban J connectivity index is 1.89. The Morgan fingerprint density at radius 1 is 1.33 bits per heavy atom. The molecule has 2 unspecified atom stereocenters. The number of nitrogens with zero attached hydrogens (tertiary/aromatic N) is 1. The van der Waals surface area contributed by atoms with Crippen LogP contribution in [-0.4, -0.2) is 30.3 Å². The van der Waals surface area contributed by atoms with E-state index in [4.69, 9.17) is 0 Å². The van der Waals surface area contributed by atoms with Crippen molar-refractivity contribution in [3.63, 3.8) is 0 Å². The molecule has 1 saturated carbocycles. The summed E-state index contributed by atoms with van der Waals surface area (Å²) in [4.78, 5) is 14.6. The highest BCUT2D eigenvalue weighted by molar-refractivity contribution is 5.81. The number of Topliss-reactive ketones (excluding diaryl/α,β-unsaturated/α-hetero) is 1. The maximum Gasteiger partial charge on any atom is 0.137 e. The molecular weight excluding hydrogens is 222 g/mol. The van der Waals surface area contributed by atoms with Crippen LogP contribution in [-0.2, 0) is 4.79 Å². The highest BCUT2D eigenvalue weighted by atomic mass is 16.1. The van der Waals surface area contributed by atoms with E-state index in [2.05, 4.69) is 25.7 Å². The van der Waals surface area contributed by atoms with Gasteiger partial charge in [0.1, 0.15) is 5.78 Å². The molecule has 2 aliphatic rings. The highest BCUT2D eigenvalue weighted by Crippen LogP contribution is 2.38. The van der Waals surface area contributed by atoms with Gasteiger partial charge in [0.05, 0.1) is 0 Å². The van der Waals surface area contributed by atoms with Gasteiger partial charge < -0.3 is 4.90 Å². The summed E-state index contributed by atoms with van der Waals surface area (Å²) in [7, 11) is 0. The smallest absolute Gasteiger partial charge is 0.137 e. The SMILES string of the molecule is CCC1(CC)CCN(CC2CC(C)CCC2=O)C1. The average molecular weight is 251 g/mol. The van der Waals surface area contributed by atoms with Crippen molar-refractivity contribution in [3.8, 4) is 0 Å². The number of hydrogen-bond acceptors (Lipinski definition) is 2. The van der Waals surface area contributed by atoms with Crippen LogP contribution in [0.5, 0.6) is 0 Å². The number of likely N-dealkylation sites (tertiary alicyclic amines) is 1. The van der Waals surface area contributed by atoms with Crippen LogP contribution in [0.1, 0.15) is 59.3 Å². The van der Waals surface area contributed by atoms with Gasteiger partial charge in [-0.3, -0.25) is 4.79 Å². The van der Waals surface area contributed by atoms with E-state index >= 15 is 0 Å². The molecule has 2 heteroatoms. The van der Waals surface area contributed by atoms with Gasteiger partial charge in [0, 0.05) is 25.4 Å². The molecule has 1 heterocycles. The van der Waals surface area contributed by atoms with E-state index in [0.29, 0.717) is 17.1 Å². The predicted molar refractivity (Wildman–Crippen MR) is 75.6 cm³/mol. The van der Waals surface area contributed by atoms with Crippen LogP contribution in [0, 0.1) is 17.3 Å². The zero-order chi connectivity index (χ0) is 13.2. The van der Waals surface area contributed by atoms with E-state index in [-0.39, 0.29) is 0 Å². The lowest BCUT2D eigenvalue weighted by atomic mass is 9.80. The summed E-state index contributed by atoms with van der Waals surface area (Å²) in [6.45, 7) is 10.4. The molecular formula is C16H29NO. The Labute approximate surface area is 112 Å². The minimum absolute atomic E-state index is 0.332. The summed E-state index contributed by atoms with van der Waals surface area (Å²) in [5.74, 6) is 1.61. The van der Waals surface area contributed by atoms with Crippen LogP contribution in [0.15, 0.2) is 0 Å². The summed E-state index contributed by atoms with van der Waals surface area (Å²) in [5.41, 5.74) is 0.545. The van der Waals surface area contributed by atoms with Gasteiger partial charge in [-0.25, -0.2) is 0 Å². The first kappa shape index (κ1) is 14.0. The van der Waals surface area contributed by atoms with Crippen molar-refractivity contribution in [3.05, 3.63) is 0 Å². The molecule has 2 fully saturated rings. The fraction of sp³-hybridized carbons (Fsp3) is 0.938. The largest absolute Gasteiger partial charge is 0.302 e. The lowest BCUT2D eigenvalue weighted by Gasteiger charge is -2.31. The first-order chi connectivity index (χ1) is 8.58. The van der Waals surface area contributed by atoms with Crippen LogP contribution >= 0.6 is 0 Å². The minimum atomic E-state index is 0.332. The summed E-state index contributed by atoms with van der Waals surface area (Å²) >= 11 is 0. The van der Waals surface area contributed by atoms with Crippen LogP contribution < -0.4 is 0 Å². The van der Waals surface area contributed by atoms with E-state index < -0.39 is 0 Å². The average Bonchev–Trinajstić information content (AvgIpc) is 2.78. The number of carbonyl (C=O) groups is 1. The second kappa shape index (κ2) is 5.73. The van der Waals surface area contributed by atoms with E-state index in [1.165, 1.54) is 32.4 Å². The van der Waals surface area contributed by atoms with Crippen LogP contribution in [0.4, 0.5) is 0 Å². The van der Waals surface area contributed by atoms with Crippen LogP contribution in [0.3, 0.4) is 0 Å². The number of ketones is 1. The Kier molecular flexibility index (Phi) is 4.47. The van der Waals surface area contributed by atoms with Gasteiger partial charge in [-0.05, 0) is 50.0 Å². The number of rotatable bonds is 4. The molecule has 0 radical (unpaired) electrons. The molecule has 1 saturated heterocycles. The van der Waals surface area contributed by atoms with Crippen molar-refractivity contribution in [1.82, 2.24) is 4.90 Å². The molecule has 0 spiro atoms. The Hall–Kier alpha value is -0.370. The van der Waals surface area contributed by atoms with Crippen molar-refractivity contribution in [2.24, 2.45) is 17.3 Å². The maximum absolute atomic E-state index is 12.0. The topological polar surface area (TPSA) is 20.3 Å². The van der Waals surface area contributed by atoms with Gasteiger partial charge in [0.25, 0.3) is 0 Å². The molecule has 104 valence electrons. The Morgan fingerprint density at radius 2 is 2.06 bits per heavy atom. The zero-order valence-corrected chi connectivity index (χ0v) is 12.4. The van der Waals surface area contributed by atoms with Gasteiger partial charge in [-0.2, -0.15) is 0 Å². The van der Waals surface area contributed by atoms with Gasteiger partial charge in [0.15, 0.2) is 0 Å². The van der Waals surface area contributed by atoms with Crippen molar-refractivity contribution in [1.29, 1.82) is 0 Å². The molecule has 18 heavy (non-hydrogen) atoms. The van der Waals surface area contributed by atoms with Crippen molar-refractivity contribution in [2.45, 2.75) is 59.3 Å². The van der Waals surface area contributed by atoms with E-state index in [9.17, 15) is 4.79 Å². The first-order valence-electron chi connectivity index (χ1n) is 7.83. The molecule has 2 atom stereocenters. The number of carbonyl (C=O) groups excluding carboxylic acids is 1. The van der Waals surface area contributed by atoms with E-state index in [1.54, 1.807) is 0 Å². The summed E-state index contributed by atoms with van der Waals surface area (Å²) < 4.78 is 0. The third-order valence-electron chi connectivity index (χ3n) is 5.52. The molecule has 0 bridgehead atoms. The third kappa shape index (κ3) is 2.96. The molecule has 0 N–H and O–H groups in total. The molecule has 1 aliphatic heterocycles. The monoisotopic (exact) mass is 251 g/mol. The molecule has 2 rings (SSSR count). The standard InChI is InChI=1S/C16H29NO/c1-4-16(5-2)8-9-17(12-16)11-14-10-13(3)6-7-15(14)18/h13-14H,4-12H2,1-3H3. The molecule has 1 aliphatic carbocycles. The van der Waals surface area contributed by atoms with Crippen molar-refractivity contribution in [2.75, 3.05) is 19.6 Å². The quantitative estimate of drug-likeness (QED) is 0.762. The lowest BCUT2D eigenvalue weighted by molar-refractivity contribution is -0.126. The molecule has 0 aromatic carbocycles. The number of hydrogen-bond donors (Lipinski definition) is 0. The molecule has 2 nitrogen and oxygen atoms in total. The zero-order valence-electron chi connectivity index (χ0n) is 12.4. The Bertz CT molecular complexity index is 295. The maximum atomic E-state index is 12.0. The fourth-order valence-corrected chi connectivity index (χ4v) is 3.83. The minimum Gasteiger partial charge on any atom is -0.302 e. The third-order valence-corrected chi connectivity index (χ3v) is 5.52. The fourth-order valence-electron chi connectivity index (χ4n) is 3.83. The van der Waals surface area contributed by atoms with Gasteiger partial charge >= 0.3 is 0 Å². The van der Waals surface area contributed by atoms with E-state index in [1.807, 2.05) is 0 Å². The molecule has 0 aromatic rings. The van der Waals surface area contributed by atoms with E-state index in [0.717, 1.165) is 31.7 Å². The lowest BCUT2D eigenvalue weighted by Crippen LogP contribution is -2.36. The Morgan fingerprint density at radius 3 is 2.67 bits per heavy atom. The normalized spacial score (nSPS) is 32.9. The van der Waals surface area contributed by atoms with Gasteiger partial charge in [-0.1, -0.05) is 20.8 Å². The van der Waals surface area contributed by atoms with Crippen LogP contribution in [0.2, 0.25) is 0 Å². The summed E-state index contributed by atoms with van der Waals surface area (Å²) in [5, 5.41) is 0. The summed E-state index contributed by atoms with van der Waals surface area (Å²) in [6, 6.07) is 0. The second-order valence-corrected chi connectivity index (χ2v) is 6.74. The highest BCUT2D eigenvalue weighted by Gasteiger charge is 2.37. The van der Waals surface area contributed by atoms with Crippen molar-refractivity contribution >= 4 is 5.78 Å². The second-order valence-electron chi connectivity index (χ2n) is 6.74. The first-order valence-corrected chi connectivity index (χ1v) is 7.83. The predicted octanol–water partition coefficient (Wildman–Crippen LogP) is 3.50. The van der Waals surface area contributed by atoms with Gasteiger partial charge in [0.2, 0.25) is 0 Å². The molecule has 0 aromatic heterocycles. The van der Waals surface area contributed by atoms with Gasteiger partial charge in [-0.15, -0.1) is 0 Å². The molecule has 0 amide bonds. The summed E-state index contributed by atoms with van der Waals surface area (Å²) in [6.07, 6.45) is 6.97. The van der Waals surface area contributed by atoms with Crippen molar-refractivity contribution < 1.29 is 4.79 Å².